The maximum absolute atomic E-state index is 13.2. The molecule has 0 radical (unpaired) electrons. The average molecular weight is 1030 g/mol. The quantitative estimate of drug-likeness (QED) is 0.0272. The van der Waals surface area contributed by atoms with Crippen LogP contribution < -0.4 is 5.32 Å². The summed E-state index contributed by atoms with van der Waals surface area (Å²) in [5.41, 5.74) is 0. The Kier molecular flexibility index (Phi) is 48.9. The SMILES string of the molecule is CCCCCCCCCCCCCCCCCCCCCCCCCCCCCCCCCC(O)C(=O)NC(COC1OC(CO)C(O)C(O)C1O)C(O)C(O)CCCCCCCCCCCCCCCC. The summed E-state index contributed by atoms with van der Waals surface area (Å²) in [4.78, 5) is 13.2. The van der Waals surface area contributed by atoms with Crippen molar-refractivity contribution in [3.8, 4) is 0 Å². The van der Waals surface area contributed by atoms with Crippen LogP contribution in [0.1, 0.15) is 316 Å². The summed E-state index contributed by atoms with van der Waals surface area (Å²) >= 11 is 0. The summed E-state index contributed by atoms with van der Waals surface area (Å²) in [6.45, 7) is 3.49. The number of nitrogens with one attached hydrogen (secondary N) is 1. The highest BCUT2D eigenvalue weighted by Gasteiger charge is 2.44. The molecule has 430 valence electrons. The first-order valence-electron chi connectivity index (χ1n) is 31.4. The molecule has 1 heterocycles. The van der Waals surface area contributed by atoms with Gasteiger partial charge in [-0.05, 0) is 12.8 Å². The third-order valence-corrected chi connectivity index (χ3v) is 15.7. The second-order valence-corrected chi connectivity index (χ2v) is 22.5. The van der Waals surface area contributed by atoms with Gasteiger partial charge in [-0.3, -0.25) is 4.79 Å². The van der Waals surface area contributed by atoms with Crippen molar-refractivity contribution in [2.75, 3.05) is 13.2 Å². The summed E-state index contributed by atoms with van der Waals surface area (Å²) in [5, 5.41) is 76.2. The number of unbranched alkanes of at least 4 members (excludes halogenated alkanes) is 43. The molecule has 1 rings (SSSR count). The van der Waals surface area contributed by atoms with Crippen LogP contribution in [0.4, 0.5) is 0 Å². The number of rotatable bonds is 55. The Bertz CT molecular complexity index is 1130. The number of aliphatic hydroxyl groups excluding tert-OH is 7. The number of hydrogen-bond acceptors (Lipinski definition) is 10. The van der Waals surface area contributed by atoms with Gasteiger partial charge < -0.3 is 50.5 Å². The standard InChI is InChI=1S/C61H121NO10/c1-3-5-7-9-11-13-15-17-19-20-21-22-23-24-25-26-27-28-29-30-31-32-33-34-35-37-39-41-43-45-47-49-54(65)60(70)62-52(51-71-61-59(69)58(68)57(67)55(50-63)72-61)56(66)53(64)48-46-44-42-40-38-36-18-16-14-12-10-8-6-4-2/h52-59,61,63-69H,3-51H2,1-2H3,(H,62,70). The van der Waals surface area contributed by atoms with Crippen molar-refractivity contribution >= 4 is 5.91 Å². The van der Waals surface area contributed by atoms with Gasteiger partial charge in [-0.15, -0.1) is 0 Å². The molecule has 1 saturated heterocycles. The molecule has 0 bridgehead atoms. The summed E-state index contributed by atoms with van der Waals surface area (Å²) in [7, 11) is 0. The van der Waals surface area contributed by atoms with Crippen molar-refractivity contribution in [3.05, 3.63) is 0 Å². The van der Waals surface area contributed by atoms with Gasteiger partial charge in [0.1, 0.15) is 36.6 Å². The van der Waals surface area contributed by atoms with E-state index in [1.165, 1.54) is 238 Å². The molecular formula is C61H121NO10. The number of hydrogen-bond donors (Lipinski definition) is 8. The van der Waals surface area contributed by atoms with Gasteiger partial charge >= 0.3 is 0 Å². The molecule has 8 N–H and O–H groups in total. The third-order valence-electron chi connectivity index (χ3n) is 15.7. The first-order valence-corrected chi connectivity index (χ1v) is 31.4. The second-order valence-electron chi connectivity index (χ2n) is 22.5. The molecule has 0 saturated carbocycles. The Hall–Kier alpha value is -0.890. The Morgan fingerprint density at radius 2 is 0.722 bits per heavy atom. The lowest BCUT2D eigenvalue weighted by Crippen LogP contribution is -2.60. The summed E-state index contributed by atoms with van der Waals surface area (Å²) < 4.78 is 11.2. The van der Waals surface area contributed by atoms with Crippen molar-refractivity contribution in [3.63, 3.8) is 0 Å². The number of aliphatic hydroxyl groups is 7. The predicted octanol–water partition coefficient (Wildman–Crippen LogP) is 13.7. The molecule has 9 atom stereocenters. The Morgan fingerprint density at radius 1 is 0.431 bits per heavy atom. The molecule has 1 aliphatic heterocycles. The highest BCUT2D eigenvalue weighted by molar-refractivity contribution is 5.80. The molecule has 72 heavy (non-hydrogen) atoms. The number of ether oxygens (including phenoxy) is 2. The van der Waals surface area contributed by atoms with Gasteiger partial charge in [0, 0.05) is 0 Å². The van der Waals surface area contributed by atoms with Crippen LogP contribution in [0.3, 0.4) is 0 Å². The average Bonchev–Trinajstić information content (AvgIpc) is 3.38. The van der Waals surface area contributed by atoms with Gasteiger partial charge in [-0.25, -0.2) is 0 Å². The lowest BCUT2D eigenvalue weighted by molar-refractivity contribution is -0.303. The maximum atomic E-state index is 13.2. The zero-order valence-electron chi connectivity index (χ0n) is 47.2. The minimum atomic E-state index is -1.66. The van der Waals surface area contributed by atoms with E-state index in [1.54, 1.807) is 0 Å². The van der Waals surface area contributed by atoms with Crippen molar-refractivity contribution < 1.29 is 50.0 Å². The number of carbonyl (C=O) groups excluding carboxylic acids is 1. The smallest absolute Gasteiger partial charge is 0.249 e. The molecule has 9 unspecified atom stereocenters. The van der Waals surface area contributed by atoms with Crippen molar-refractivity contribution in [2.24, 2.45) is 0 Å². The molecule has 0 aromatic carbocycles. The van der Waals surface area contributed by atoms with E-state index >= 15 is 0 Å². The van der Waals surface area contributed by atoms with Crippen LogP contribution in [0.25, 0.3) is 0 Å². The lowest BCUT2D eigenvalue weighted by Gasteiger charge is -2.40. The molecule has 1 amide bonds. The molecular weight excluding hydrogens is 907 g/mol. The third kappa shape index (κ3) is 38.6. The van der Waals surface area contributed by atoms with Gasteiger partial charge in [-0.2, -0.15) is 0 Å². The molecule has 0 aromatic heterocycles. The Balaban J connectivity index is 2.17. The van der Waals surface area contributed by atoms with E-state index in [-0.39, 0.29) is 6.42 Å². The van der Waals surface area contributed by atoms with Gasteiger partial charge in [-0.1, -0.05) is 303 Å². The van der Waals surface area contributed by atoms with Crippen LogP contribution in [-0.2, 0) is 14.3 Å². The fourth-order valence-electron chi connectivity index (χ4n) is 10.6. The minimum absolute atomic E-state index is 0.267. The Labute approximate surface area is 443 Å². The predicted molar refractivity (Wildman–Crippen MR) is 298 cm³/mol. The summed E-state index contributed by atoms with van der Waals surface area (Å²) in [6, 6.07) is -1.16. The normalized spacial score (nSPS) is 19.9. The second kappa shape index (κ2) is 50.9. The highest BCUT2D eigenvalue weighted by Crippen LogP contribution is 2.24. The molecule has 1 fully saturated rings. The molecule has 0 aromatic rings. The van der Waals surface area contributed by atoms with Gasteiger partial charge in [0.15, 0.2) is 6.29 Å². The van der Waals surface area contributed by atoms with Crippen molar-refractivity contribution in [2.45, 2.75) is 371 Å². The molecule has 11 nitrogen and oxygen atoms in total. The van der Waals surface area contributed by atoms with Gasteiger partial charge in [0.25, 0.3) is 0 Å². The first kappa shape index (κ1) is 69.1. The fourth-order valence-corrected chi connectivity index (χ4v) is 10.6. The lowest BCUT2D eigenvalue weighted by atomic mass is 9.98. The zero-order chi connectivity index (χ0) is 52.5. The van der Waals surface area contributed by atoms with Crippen LogP contribution in [0.15, 0.2) is 0 Å². The Morgan fingerprint density at radius 3 is 1.03 bits per heavy atom. The number of amides is 1. The van der Waals surface area contributed by atoms with Gasteiger partial charge in [0.05, 0.1) is 25.4 Å². The van der Waals surface area contributed by atoms with Crippen LogP contribution >= 0.6 is 0 Å². The van der Waals surface area contributed by atoms with Crippen LogP contribution in [0, 0.1) is 0 Å². The van der Waals surface area contributed by atoms with Crippen LogP contribution in [0.2, 0.25) is 0 Å². The van der Waals surface area contributed by atoms with Crippen molar-refractivity contribution in [1.29, 1.82) is 0 Å². The minimum Gasteiger partial charge on any atom is -0.394 e. The zero-order valence-corrected chi connectivity index (χ0v) is 47.2. The van der Waals surface area contributed by atoms with Crippen molar-refractivity contribution in [1.82, 2.24) is 5.32 Å². The maximum Gasteiger partial charge on any atom is 0.249 e. The molecule has 0 spiro atoms. The largest absolute Gasteiger partial charge is 0.394 e. The van der Waals surface area contributed by atoms with E-state index in [1.807, 2.05) is 0 Å². The van der Waals surface area contributed by atoms with E-state index < -0.39 is 74.2 Å². The fraction of sp³-hybridized carbons (Fsp3) is 0.984. The monoisotopic (exact) mass is 1030 g/mol. The highest BCUT2D eigenvalue weighted by atomic mass is 16.7. The molecule has 0 aliphatic carbocycles. The van der Waals surface area contributed by atoms with E-state index in [4.69, 9.17) is 9.47 Å². The van der Waals surface area contributed by atoms with E-state index in [9.17, 15) is 40.5 Å². The topological polar surface area (TPSA) is 189 Å². The van der Waals surface area contributed by atoms with E-state index in [0.29, 0.717) is 19.3 Å². The van der Waals surface area contributed by atoms with Gasteiger partial charge in [0.2, 0.25) is 5.91 Å². The number of carbonyl (C=O) groups is 1. The van der Waals surface area contributed by atoms with Crippen LogP contribution in [0.5, 0.6) is 0 Å². The summed E-state index contributed by atoms with van der Waals surface area (Å²) in [6.07, 6.45) is 47.5. The molecule has 1 aliphatic rings. The molecule has 11 heteroatoms. The first-order chi connectivity index (χ1) is 35.2. The van der Waals surface area contributed by atoms with E-state index in [0.717, 1.165) is 38.5 Å². The van der Waals surface area contributed by atoms with Crippen LogP contribution in [-0.4, -0.2) is 110 Å². The summed E-state index contributed by atoms with van der Waals surface area (Å²) in [5.74, 6) is -0.689. The van der Waals surface area contributed by atoms with E-state index in [2.05, 4.69) is 19.2 Å².